The van der Waals surface area contributed by atoms with E-state index in [-0.39, 0.29) is 30.3 Å². The quantitative estimate of drug-likeness (QED) is 0.840. The first-order valence-corrected chi connectivity index (χ1v) is 8.54. The molecule has 7 heteroatoms. The molecule has 25 heavy (non-hydrogen) atoms. The van der Waals surface area contributed by atoms with Crippen molar-refractivity contribution in [3.63, 3.8) is 0 Å². The Balaban J connectivity index is 1.66. The van der Waals surface area contributed by atoms with E-state index in [1.807, 2.05) is 0 Å². The largest absolute Gasteiger partial charge is 0.497 e. The van der Waals surface area contributed by atoms with Crippen LogP contribution in [0.1, 0.15) is 19.3 Å². The van der Waals surface area contributed by atoms with Crippen molar-refractivity contribution in [3.8, 4) is 11.5 Å². The Morgan fingerprint density at radius 2 is 2.20 bits per heavy atom. The Bertz CT molecular complexity index is 642. The van der Waals surface area contributed by atoms with Crippen molar-refractivity contribution in [2.24, 2.45) is 5.92 Å². The van der Waals surface area contributed by atoms with Crippen LogP contribution in [0.5, 0.6) is 11.5 Å². The molecule has 3 rings (SSSR count). The number of rotatable bonds is 6. The van der Waals surface area contributed by atoms with E-state index < -0.39 is 0 Å². The Labute approximate surface area is 147 Å². The number of anilines is 1. The van der Waals surface area contributed by atoms with Gasteiger partial charge < -0.3 is 24.4 Å². The molecule has 0 spiro atoms. The second kappa shape index (κ2) is 7.74. The van der Waals surface area contributed by atoms with Crippen LogP contribution in [0.25, 0.3) is 0 Å². The number of nitrogens with one attached hydrogen (secondary N) is 1. The lowest BCUT2D eigenvalue weighted by molar-refractivity contribution is -0.126. The van der Waals surface area contributed by atoms with Gasteiger partial charge in [-0.15, -0.1) is 0 Å². The number of benzene rings is 1. The molecule has 0 saturated carbocycles. The summed E-state index contributed by atoms with van der Waals surface area (Å²) >= 11 is 0. The number of nitrogens with zero attached hydrogens (tertiary/aromatic N) is 1. The molecular formula is C18H24N2O5. The molecule has 0 aliphatic carbocycles. The number of hydrogen-bond donors (Lipinski definition) is 1. The van der Waals surface area contributed by atoms with Gasteiger partial charge in [-0.25, -0.2) is 0 Å². The van der Waals surface area contributed by atoms with Crippen molar-refractivity contribution in [2.75, 3.05) is 38.8 Å². The summed E-state index contributed by atoms with van der Waals surface area (Å²) in [6.07, 6.45) is 2.29. The maximum absolute atomic E-state index is 12.4. The van der Waals surface area contributed by atoms with E-state index in [0.29, 0.717) is 30.3 Å². The van der Waals surface area contributed by atoms with Crippen LogP contribution in [-0.4, -0.2) is 51.8 Å². The summed E-state index contributed by atoms with van der Waals surface area (Å²) in [4.78, 5) is 26.4. The Morgan fingerprint density at radius 1 is 1.36 bits per heavy atom. The lowest BCUT2D eigenvalue weighted by atomic mass is 10.1. The van der Waals surface area contributed by atoms with Gasteiger partial charge in [-0.1, -0.05) is 0 Å². The maximum atomic E-state index is 12.4. The molecule has 7 nitrogen and oxygen atoms in total. The minimum atomic E-state index is -0.371. The van der Waals surface area contributed by atoms with E-state index in [2.05, 4.69) is 5.32 Å². The number of carbonyl (C=O) groups excluding carboxylic acids is 2. The van der Waals surface area contributed by atoms with Crippen LogP contribution in [0.4, 0.5) is 5.69 Å². The summed E-state index contributed by atoms with van der Waals surface area (Å²) in [6.45, 7) is 1.59. The molecule has 2 unspecified atom stereocenters. The molecule has 1 aromatic rings. The summed E-state index contributed by atoms with van der Waals surface area (Å²) < 4.78 is 16.1. The molecule has 0 bridgehead atoms. The van der Waals surface area contributed by atoms with Gasteiger partial charge >= 0.3 is 0 Å². The van der Waals surface area contributed by atoms with Crippen LogP contribution in [0.15, 0.2) is 18.2 Å². The molecule has 1 N–H and O–H groups in total. The second-order valence-corrected chi connectivity index (χ2v) is 6.32. The van der Waals surface area contributed by atoms with E-state index in [4.69, 9.17) is 14.2 Å². The van der Waals surface area contributed by atoms with Gasteiger partial charge in [0.1, 0.15) is 11.5 Å². The van der Waals surface area contributed by atoms with E-state index in [1.54, 1.807) is 37.3 Å². The highest BCUT2D eigenvalue weighted by molar-refractivity contribution is 6.01. The van der Waals surface area contributed by atoms with Crippen molar-refractivity contribution in [3.05, 3.63) is 18.2 Å². The van der Waals surface area contributed by atoms with Gasteiger partial charge in [-0.05, 0) is 25.0 Å². The minimum absolute atomic E-state index is 0.0932. The molecule has 2 atom stereocenters. The second-order valence-electron chi connectivity index (χ2n) is 6.32. The first-order chi connectivity index (χ1) is 12.1. The average molecular weight is 348 g/mol. The zero-order valence-corrected chi connectivity index (χ0v) is 14.6. The fraction of sp³-hybridized carbons (Fsp3) is 0.556. The van der Waals surface area contributed by atoms with E-state index in [1.165, 1.54) is 0 Å². The Kier molecular flexibility index (Phi) is 5.43. The fourth-order valence-corrected chi connectivity index (χ4v) is 3.29. The summed E-state index contributed by atoms with van der Waals surface area (Å²) in [5, 5.41) is 2.91. The maximum Gasteiger partial charge on any atom is 0.227 e. The van der Waals surface area contributed by atoms with Gasteiger partial charge in [-0.3, -0.25) is 9.59 Å². The predicted molar refractivity (Wildman–Crippen MR) is 92.0 cm³/mol. The first kappa shape index (κ1) is 17.5. The highest BCUT2D eigenvalue weighted by Crippen LogP contribution is 2.36. The third-order valence-electron chi connectivity index (χ3n) is 4.70. The molecule has 136 valence electrons. The van der Waals surface area contributed by atoms with Crippen LogP contribution in [0.2, 0.25) is 0 Å². The van der Waals surface area contributed by atoms with E-state index in [9.17, 15) is 9.59 Å². The molecule has 2 heterocycles. The molecular weight excluding hydrogens is 324 g/mol. The van der Waals surface area contributed by atoms with Gasteiger partial charge in [0.2, 0.25) is 11.8 Å². The molecule has 0 aromatic heterocycles. The van der Waals surface area contributed by atoms with Crippen LogP contribution in [0.3, 0.4) is 0 Å². The molecule has 0 radical (unpaired) electrons. The van der Waals surface area contributed by atoms with Gasteiger partial charge in [0, 0.05) is 32.2 Å². The number of methoxy groups -OCH3 is 2. The van der Waals surface area contributed by atoms with Crippen molar-refractivity contribution >= 4 is 17.5 Å². The lowest BCUT2D eigenvalue weighted by Crippen LogP contribution is -2.37. The molecule has 2 aliphatic heterocycles. The summed E-state index contributed by atoms with van der Waals surface area (Å²) in [6, 6.07) is 5.28. The molecule has 1 aromatic carbocycles. The Morgan fingerprint density at radius 3 is 2.88 bits per heavy atom. The van der Waals surface area contributed by atoms with Crippen LogP contribution < -0.4 is 19.7 Å². The lowest BCUT2D eigenvalue weighted by Gasteiger charge is -2.20. The number of amides is 2. The summed E-state index contributed by atoms with van der Waals surface area (Å²) in [5.41, 5.74) is 0.626. The fourth-order valence-electron chi connectivity index (χ4n) is 3.29. The van der Waals surface area contributed by atoms with Gasteiger partial charge in [0.25, 0.3) is 0 Å². The summed E-state index contributed by atoms with van der Waals surface area (Å²) in [5.74, 6) is 0.645. The highest BCUT2D eigenvalue weighted by atomic mass is 16.5. The number of carbonyl (C=O) groups is 2. The summed E-state index contributed by atoms with van der Waals surface area (Å²) in [7, 11) is 3.12. The molecule has 2 saturated heterocycles. The molecule has 2 aliphatic rings. The number of hydrogen-bond acceptors (Lipinski definition) is 5. The normalized spacial score (nSPS) is 23.0. The van der Waals surface area contributed by atoms with E-state index in [0.717, 1.165) is 19.4 Å². The molecule has 2 amide bonds. The zero-order valence-electron chi connectivity index (χ0n) is 14.6. The molecule has 2 fully saturated rings. The monoisotopic (exact) mass is 348 g/mol. The number of ether oxygens (including phenoxy) is 3. The van der Waals surface area contributed by atoms with Crippen LogP contribution in [0, 0.1) is 5.92 Å². The van der Waals surface area contributed by atoms with Gasteiger partial charge in [-0.2, -0.15) is 0 Å². The highest BCUT2D eigenvalue weighted by Gasteiger charge is 2.36. The van der Waals surface area contributed by atoms with E-state index >= 15 is 0 Å². The van der Waals surface area contributed by atoms with Crippen LogP contribution >= 0.6 is 0 Å². The minimum Gasteiger partial charge on any atom is -0.497 e. The first-order valence-electron chi connectivity index (χ1n) is 8.54. The average Bonchev–Trinajstić information content (AvgIpc) is 3.28. The topological polar surface area (TPSA) is 77.1 Å². The SMILES string of the molecule is COc1ccc(OC)c(N2CC(C(=O)NCC3CCCO3)CC2=O)c1. The predicted octanol–water partition coefficient (Wildman–Crippen LogP) is 1.35. The zero-order chi connectivity index (χ0) is 17.8. The smallest absolute Gasteiger partial charge is 0.227 e. The van der Waals surface area contributed by atoms with Crippen molar-refractivity contribution in [1.29, 1.82) is 0 Å². The van der Waals surface area contributed by atoms with Crippen LogP contribution in [-0.2, 0) is 14.3 Å². The van der Waals surface area contributed by atoms with Crippen molar-refractivity contribution in [2.45, 2.75) is 25.4 Å². The standard InChI is InChI=1S/C18H24N2O5/c1-23-13-5-6-16(24-2)15(9-13)20-11-12(8-17(20)21)18(22)19-10-14-4-3-7-25-14/h5-6,9,12,14H,3-4,7-8,10-11H2,1-2H3,(H,19,22). The van der Waals surface area contributed by atoms with Gasteiger partial charge in [0.05, 0.1) is 31.9 Å². The van der Waals surface area contributed by atoms with Crippen molar-refractivity contribution in [1.82, 2.24) is 5.32 Å². The third kappa shape index (κ3) is 3.87. The third-order valence-corrected chi connectivity index (χ3v) is 4.70. The Hall–Kier alpha value is -2.28. The van der Waals surface area contributed by atoms with Gasteiger partial charge in [0.15, 0.2) is 0 Å². The van der Waals surface area contributed by atoms with Crippen molar-refractivity contribution < 1.29 is 23.8 Å².